The number of unbranched alkanes of at least 4 members (excludes halogenated alkanes) is 16. The summed E-state index contributed by atoms with van der Waals surface area (Å²) in [6.07, 6.45) is 24.9. The van der Waals surface area contributed by atoms with E-state index in [0.29, 0.717) is 12.8 Å². The van der Waals surface area contributed by atoms with E-state index in [-0.39, 0.29) is 11.8 Å². The molecule has 3 nitrogen and oxygen atoms in total. The maximum absolute atomic E-state index is 11.8. The van der Waals surface area contributed by atoms with Crippen molar-refractivity contribution in [3.63, 3.8) is 0 Å². The van der Waals surface area contributed by atoms with Crippen LogP contribution in [0.15, 0.2) is 12.7 Å². The van der Waals surface area contributed by atoms with Crippen molar-refractivity contribution in [1.29, 1.82) is 0 Å². The normalized spacial score (nSPS) is 10.8. The lowest BCUT2D eigenvalue weighted by Gasteiger charge is -2.05. The van der Waals surface area contributed by atoms with Gasteiger partial charge in [-0.15, -0.1) is 6.58 Å². The zero-order chi connectivity index (χ0) is 20.7. The molecule has 0 rings (SSSR count). The fourth-order valence-electron chi connectivity index (χ4n) is 3.51. The molecule has 0 unspecified atom stereocenters. The highest BCUT2D eigenvalue weighted by atomic mass is 16.2. The molecular weight excluding hydrogens is 346 g/mol. The summed E-state index contributed by atoms with van der Waals surface area (Å²) in [5.41, 5.74) is 0. The fourth-order valence-corrected chi connectivity index (χ4v) is 3.51. The molecule has 0 aliphatic carbocycles. The predicted molar refractivity (Wildman–Crippen MR) is 121 cm³/mol. The van der Waals surface area contributed by atoms with Crippen molar-refractivity contribution >= 4 is 11.8 Å². The molecule has 0 bridgehead atoms. The van der Waals surface area contributed by atoms with Crippen molar-refractivity contribution in [2.75, 3.05) is 0 Å². The summed E-state index contributed by atoms with van der Waals surface area (Å²) in [6.45, 7) is 5.98. The van der Waals surface area contributed by atoms with Crippen LogP contribution in [0.5, 0.6) is 0 Å². The van der Waals surface area contributed by atoms with E-state index in [1.165, 1.54) is 83.5 Å². The first-order valence-electron chi connectivity index (χ1n) is 12.1. The van der Waals surface area contributed by atoms with Crippen molar-refractivity contribution in [1.82, 2.24) is 5.32 Å². The summed E-state index contributed by atoms with van der Waals surface area (Å²) in [6, 6.07) is 0. The van der Waals surface area contributed by atoms with Crippen LogP contribution in [0.3, 0.4) is 0 Å². The van der Waals surface area contributed by atoms with E-state index in [1.807, 2.05) is 6.08 Å². The summed E-state index contributed by atoms with van der Waals surface area (Å²) in [4.78, 5) is 23.6. The average molecular weight is 394 g/mol. The number of hydrogen-bond donors (Lipinski definition) is 1. The van der Waals surface area contributed by atoms with E-state index in [2.05, 4.69) is 18.8 Å². The van der Waals surface area contributed by atoms with Crippen LogP contribution >= 0.6 is 0 Å². The molecule has 3 heteroatoms. The van der Waals surface area contributed by atoms with E-state index < -0.39 is 0 Å². The first-order valence-corrected chi connectivity index (χ1v) is 12.1. The predicted octanol–water partition coefficient (Wildman–Crippen LogP) is 7.64. The number of nitrogens with one attached hydrogen (secondary N) is 1. The Morgan fingerprint density at radius 3 is 1.36 bits per heavy atom. The minimum absolute atomic E-state index is 0.0903. The van der Waals surface area contributed by atoms with Crippen LogP contribution in [0, 0.1) is 0 Å². The van der Waals surface area contributed by atoms with Gasteiger partial charge < -0.3 is 0 Å². The Balaban J connectivity index is 3.33. The van der Waals surface area contributed by atoms with Crippen LogP contribution in [-0.2, 0) is 9.59 Å². The van der Waals surface area contributed by atoms with Crippen LogP contribution in [0.25, 0.3) is 0 Å². The maximum Gasteiger partial charge on any atom is 0.226 e. The second-order valence-corrected chi connectivity index (χ2v) is 8.21. The molecule has 0 aromatic rings. The molecule has 0 atom stereocenters. The third-order valence-electron chi connectivity index (χ3n) is 5.35. The van der Waals surface area contributed by atoms with Gasteiger partial charge in [0.1, 0.15) is 0 Å². The number of amides is 2. The second-order valence-electron chi connectivity index (χ2n) is 8.21. The van der Waals surface area contributed by atoms with Crippen molar-refractivity contribution in [2.45, 2.75) is 135 Å². The van der Waals surface area contributed by atoms with E-state index >= 15 is 0 Å². The summed E-state index contributed by atoms with van der Waals surface area (Å²) < 4.78 is 0. The molecule has 0 aromatic carbocycles. The van der Waals surface area contributed by atoms with E-state index in [9.17, 15) is 9.59 Å². The Kier molecular flexibility index (Phi) is 21.3. The van der Waals surface area contributed by atoms with Crippen LogP contribution in [-0.4, -0.2) is 11.8 Å². The standard InChI is InChI=1S/C25H47NO2/c1-3-5-7-9-11-13-15-17-19-21-23-25(28)26-24(27)22-20-18-16-14-12-10-8-6-4-2/h3H,1,4-23H2,2H3,(H,26,27,28). The number of rotatable bonds is 21. The Labute approximate surface area is 175 Å². The third kappa shape index (κ3) is 21.2. The van der Waals surface area contributed by atoms with Gasteiger partial charge in [-0.2, -0.15) is 0 Å². The van der Waals surface area contributed by atoms with Gasteiger partial charge in [0.2, 0.25) is 11.8 Å². The largest absolute Gasteiger partial charge is 0.296 e. The second kappa shape index (κ2) is 22.2. The minimum atomic E-state index is -0.0923. The molecule has 0 saturated carbocycles. The van der Waals surface area contributed by atoms with Gasteiger partial charge in [0.05, 0.1) is 0 Å². The maximum atomic E-state index is 11.8. The van der Waals surface area contributed by atoms with Crippen molar-refractivity contribution in [3.05, 3.63) is 12.7 Å². The van der Waals surface area contributed by atoms with E-state index in [0.717, 1.165) is 32.1 Å². The van der Waals surface area contributed by atoms with Crippen LogP contribution < -0.4 is 5.32 Å². The molecule has 1 N–H and O–H groups in total. The fraction of sp³-hybridized carbons (Fsp3) is 0.840. The molecular formula is C25H47NO2. The van der Waals surface area contributed by atoms with E-state index in [1.54, 1.807) is 0 Å². The van der Waals surface area contributed by atoms with Gasteiger partial charge in [-0.25, -0.2) is 0 Å². The highest BCUT2D eigenvalue weighted by molar-refractivity contribution is 5.95. The number of hydrogen-bond acceptors (Lipinski definition) is 2. The first kappa shape index (κ1) is 26.9. The zero-order valence-corrected chi connectivity index (χ0v) is 18.7. The SMILES string of the molecule is C=CCCCCCCCCCCC(=O)NC(=O)CCCCCCCCCCC. The average Bonchev–Trinajstić information content (AvgIpc) is 2.68. The van der Waals surface area contributed by atoms with Gasteiger partial charge in [0.25, 0.3) is 0 Å². The molecule has 0 aliphatic rings. The van der Waals surface area contributed by atoms with Crippen molar-refractivity contribution in [3.8, 4) is 0 Å². The Hall–Kier alpha value is -1.12. The topological polar surface area (TPSA) is 46.2 Å². The highest BCUT2D eigenvalue weighted by Gasteiger charge is 2.07. The zero-order valence-electron chi connectivity index (χ0n) is 18.7. The van der Waals surface area contributed by atoms with Gasteiger partial charge in [-0.3, -0.25) is 14.9 Å². The van der Waals surface area contributed by atoms with E-state index in [4.69, 9.17) is 0 Å². The van der Waals surface area contributed by atoms with Gasteiger partial charge in [-0.1, -0.05) is 103 Å². The summed E-state index contributed by atoms with van der Waals surface area (Å²) in [5, 5.41) is 2.55. The van der Waals surface area contributed by atoms with Crippen LogP contribution in [0.2, 0.25) is 0 Å². The van der Waals surface area contributed by atoms with Gasteiger partial charge in [0, 0.05) is 12.8 Å². The van der Waals surface area contributed by atoms with Gasteiger partial charge >= 0.3 is 0 Å². The molecule has 0 fully saturated rings. The molecule has 0 aliphatic heterocycles. The highest BCUT2D eigenvalue weighted by Crippen LogP contribution is 2.12. The molecule has 164 valence electrons. The number of carbonyl (C=O) groups is 2. The van der Waals surface area contributed by atoms with Gasteiger partial charge in [-0.05, 0) is 25.7 Å². The first-order chi connectivity index (χ1) is 13.7. The summed E-state index contributed by atoms with van der Waals surface area (Å²) in [7, 11) is 0. The van der Waals surface area contributed by atoms with Gasteiger partial charge in [0.15, 0.2) is 0 Å². The molecule has 0 aromatic heterocycles. The lowest BCUT2D eigenvalue weighted by molar-refractivity contribution is -0.130. The Bertz CT molecular complexity index is 379. The number of carbonyl (C=O) groups excluding carboxylic acids is 2. The van der Waals surface area contributed by atoms with Crippen LogP contribution in [0.4, 0.5) is 0 Å². The smallest absolute Gasteiger partial charge is 0.226 e. The van der Waals surface area contributed by atoms with Crippen molar-refractivity contribution in [2.24, 2.45) is 0 Å². The molecule has 0 saturated heterocycles. The molecule has 0 radical (unpaired) electrons. The lowest BCUT2D eigenvalue weighted by Crippen LogP contribution is -2.29. The molecule has 28 heavy (non-hydrogen) atoms. The molecule has 0 heterocycles. The monoisotopic (exact) mass is 393 g/mol. The number of imide groups is 1. The summed E-state index contributed by atoms with van der Waals surface area (Å²) in [5.74, 6) is -0.183. The third-order valence-corrected chi connectivity index (χ3v) is 5.35. The molecule has 0 spiro atoms. The van der Waals surface area contributed by atoms with Crippen molar-refractivity contribution < 1.29 is 9.59 Å². The minimum Gasteiger partial charge on any atom is -0.296 e. The van der Waals surface area contributed by atoms with Crippen LogP contribution in [0.1, 0.15) is 135 Å². The molecule has 2 amide bonds. The quantitative estimate of drug-likeness (QED) is 0.161. The number of allylic oxidation sites excluding steroid dienone is 1. The Morgan fingerprint density at radius 2 is 0.964 bits per heavy atom. The lowest BCUT2D eigenvalue weighted by atomic mass is 10.1. The Morgan fingerprint density at radius 1 is 0.607 bits per heavy atom. The summed E-state index contributed by atoms with van der Waals surface area (Å²) >= 11 is 0.